The van der Waals surface area contributed by atoms with Crippen LogP contribution in [0, 0.1) is 0 Å². The van der Waals surface area contributed by atoms with Crippen LogP contribution >= 0.6 is 15.9 Å². The molecule has 0 heterocycles. The van der Waals surface area contributed by atoms with E-state index in [1.165, 1.54) is 19.1 Å². The summed E-state index contributed by atoms with van der Waals surface area (Å²) < 4.78 is 62.0. The maximum Gasteiger partial charge on any atom is 0.416 e. The van der Waals surface area contributed by atoms with Crippen molar-refractivity contribution in [3.05, 3.63) is 35.4 Å². The van der Waals surface area contributed by atoms with Crippen molar-refractivity contribution >= 4 is 26.0 Å². The lowest BCUT2D eigenvalue weighted by Gasteiger charge is -2.15. The lowest BCUT2D eigenvalue weighted by Crippen LogP contribution is -2.27. The molecule has 0 aliphatic heterocycles. The van der Waals surface area contributed by atoms with E-state index in [9.17, 15) is 21.6 Å². The summed E-state index contributed by atoms with van der Waals surface area (Å²) >= 11 is 2.79. The molecule has 0 radical (unpaired) electrons. The maximum absolute atomic E-state index is 12.5. The molecule has 18 heavy (non-hydrogen) atoms. The van der Waals surface area contributed by atoms with E-state index in [1.807, 2.05) is 0 Å². The highest BCUT2D eigenvalue weighted by Crippen LogP contribution is 2.30. The minimum Gasteiger partial charge on any atom is -0.212 e. The van der Waals surface area contributed by atoms with Gasteiger partial charge >= 0.3 is 6.18 Å². The fourth-order valence-electron chi connectivity index (χ4n) is 1.35. The first-order valence-corrected chi connectivity index (χ1v) is 7.66. The first-order chi connectivity index (χ1) is 8.15. The van der Waals surface area contributed by atoms with Crippen molar-refractivity contribution in [3.8, 4) is 0 Å². The molecule has 0 amide bonds. The molecule has 0 spiro atoms. The summed E-state index contributed by atoms with van der Waals surface area (Å²) in [5.41, 5.74) is -0.542. The molecule has 0 aromatic heterocycles. The summed E-state index contributed by atoms with van der Waals surface area (Å²) in [5.74, 6) is 0. The minimum atomic E-state index is -4.44. The van der Waals surface area contributed by atoms with Gasteiger partial charge in [-0.1, -0.05) is 28.1 Å². The Kier molecular flexibility index (Phi) is 4.79. The van der Waals surface area contributed by atoms with Gasteiger partial charge < -0.3 is 0 Å². The molecule has 1 aromatic rings. The predicted octanol–water partition coefficient (Wildman–Crippen LogP) is 3.04. The SMILES string of the molecule is CC(NS(=O)(=O)CBr)c1cccc(C(F)(F)F)c1. The van der Waals surface area contributed by atoms with Crippen molar-refractivity contribution in [2.75, 3.05) is 4.66 Å². The molecule has 1 atom stereocenters. The molecule has 1 rings (SSSR count). The zero-order valence-corrected chi connectivity index (χ0v) is 11.7. The van der Waals surface area contributed by atoms with Crippen LogP contribution in [-0.2, 0) is 16.2 Å². The molecule has 1 aromatic carbocycles. The minimum absolute atomic E-state index is 0.259. The Labute approximate surface area is 112 Å². The Hall–Kier alpha value is -0.600. The fraction of sp³-hybridized carbons (Fsp3) is 0.400. The second kappa shape index (κ2) is 5.58. The molecule has 1 N–H and O–H groups in total. The van der Waals surface area contributed by atoms with E-state index >= 15 is 0 Å². The topological polar surface area (TPSA) is 46.2 Å². The molecule has 8 heteroatoms. The van der Waals surface area contributed by atoms with E-state index in [2.05, 4.69) is 20.7 Å². The highest BCUT2D eigenvalue weighted by Gasteiger charge is 2.30. The quantitative estimate of drug-likeness (QED) is 0.852. The standard InChI is InChI=1S/C10H11BrF3NO2S/c1-7(15-18(16,17)6-11)8-3-2-4-9(5-8)10(12,13)14/h2-5,7,15H,6H2,1H3. The van der Waals surface area contributed by atoms with Crippen molar-refractivity contribution in [1.29, 1.82) is 0 Å². The number of benzene rings is 1. The highest BCUT2D eigenvalue weighted by molar-refractivity contribution is 9.10. The van der Waals surface area contributed by atoms with E-state index in [0.29, 0.717) is 0 Å². The van der Waals surface area contributed by atoms with Gasteiger partial charge in [-0.05, 0) is 24.6 Å². The fourth-order valence-corrected chi connectivity index (χ4v) is 2.49. The summed E-state index contributed by atoms with van der Waals surface area (Å²) in [6.45, 7) is 1.48. The van der Waals surface area contributed by atoms with Crippen LogP contribution in [0.3, 0.4) is 0 Å². The molecule has 0 saturated heterocycles. The lowest BCUT2D eigenvalue weighted by molar-refractivity contribution is -0.137. The molecule has 0 aliphatic carbocycles. The molecule has 0 aliphatic rings. The second-order valence-electron chi connectivity index (χ2n) is 3.69. The van der Waals surface area contributed by atoms with Crippen LogP contribution in [0.4, 0.5) is 13.2 Å². The van der Waals surface area contributed by atoms with Gasteiger partial charge in [-0.25, -0.2) is 13.1 Å². The van der Waals surface area contributed by atoms with Gasteiger partial charge in [-0.2, -0.15) is 13.2 Å². The van der Waals surface area contributed by atoms with Crippen LogP contribution < -0.4 is 4.72 Å². The van der Waals surface area contributed by atoms with Gasteiger partial charge in [0.2, 0.25) is 10.0 Å². The van der Waals surface area contributed by atoms with Crippen LogP contribution in [0.5, 0.6) is 0 Å². The highest BCUT2D eigenvalue weighted by atomic mass is 79.9. The van der Waals surface area contributed by atoms with E-state index in [-0.39, 0.29) is 10.2 Å². The summed E-state index contributed by atoms with van der Waals surface area (Å²) in [6.07, 6.45) is -4.44. The van der Waals surface area contributed by atoms with Gasteiger partial charge in [0.15, 0.2) is 0 Å². The average molecular weight is 346 g/mol. The van der Waals surface area contributed by atoms with E-state index in [1.54, 1.807) is 0 Å². The molecule has 0 saturated carbocycles. The molecule has 1 unspecified atom stereocenters. The predicted molar refractivity (Wildman–Crippen MR) is 65.7 cm³/mol. The van der Waals surface area contributed by atoms with Crippen molar-refractivity contribution in [2.45, 2.75) is 19.1 Å². The van der Waals surface area contributed by atoms with Crippen molar-refractivity contribution < 1.29 is 21.6 Å². The van der Waals surface area contributed by atoms with Gasteiger partial charge in [-0.3, -0.25) is 0 Å². The van der Waals surface area contributed by atoms with Crippen LogP contribution in [0.2, 0.25) is 0 Å². The van der Waals surface area contributed by atoms with Gasteiger partial charge in [0.1, 0.15) is 4.66 Å². The normalized spacial score (nSPS) is 14.5. The second-order valence-corrected chi connectivity index (χ2v) is 6.74. The number of alkyl halides is 4. The summed E-state index contributed by atoms with van der Waals surface area (Å²) in [7, 11) is -3.53. The number of rotatable bonds is 4. The Bertz CT molecular complexity index is 516. The smallest absolute Gasteiger partial charge is 0.212 e. The van der Waals surface area contributed by atoms with Crippen molar-refractivity contribution in [2.24, 2.45) is 0 Å². The van der Waals surface area contributed by atoms with Crippen LogP contribution in [0.15, 0.2) is 24.3 Å². The zero-order chi connectivity index (χ0) is 14.0. The largest absolute Gasteiger partial charge is 0.416 e. The lowest BCUT2D eigenvalue weighted by atomic mass is 10.1. The Morgan fingerprint density at radius 3 is 2.50 bits per heavy atom. The zero-order valence-electron chi connectivity index (χ0n) is 9.33. The van der Waals surface area contributed by atoms with E-state index in [4.69, 9.17) is 0 Å². The van der Waals surface area contributed by atoms with E-state index in [0.717, 1.165) is 12.1 Å². The first-order valence-electron chi connectivity index (χ1n) is 4.89. The van der Waals surface area contributed by atoms with Gasteiger partial charge in [-0.15, -0.1) is 0 Å². The average Bonchev–Trinajstić information content (AvgIpc) is 2.27. The third-order valence-corrected chi connectivity index (χ3v) is 5.02. The molecular weight excluding hydrogens is 335 g/mol. The molecule has 102 valence electrons. The number of hydrogen-bond acceptors (Lipinski definition) is 2. The van der Waals surface area contributed by atoms with Crippen molar-refractivity contribution in [1.82, 2.24) is 4.72 Å². The number of nitrogens with one attached hydrogen (secondary N) is 1. The van der Waals surface area contributed by atoms with Gasteiger partial charge in [0.25, 0.3) is 0 Å². The van der Waals surface area contributed by atoms with Gasteiger partial charge in [0.05, 0.1) is 5.56 Å². The first kappa shape index (κ1) is 15.5. The molecular formula is C10H11BrF3NO2S. The number of hydrogen-bond donors (Lipinski definition) is 1. The number of sulfonamides is 1. The summed E-state index contributed by atoms with van der Waals surface area (Å²) in [5, 5.41) is 0. The Morgan fingerprint density at radius 2 is 2.00 bits per heavy atom. The number of halogens is 4. The van der Waals surface area contributed by atoms with Crippen LogP contribution in [0.1, 0.15) is 24.1 Å². The van der Waals surface area contributed by atoms with Crippen LogP contribution in [0.25, 0.3) is 0 Å². The third-order valence-electron chi connectivity index (χ3n) is 2.21. The Balaban J connectivity index is 2.97. The third kappa shape index (κ3) is 4.25. The summed E-state index contributed by atoms with van der Waals surface area (Å²) in [6, 6.07) is 3.83. The molecule has 3 nitrogen and oxygen atoms in total. The Morgan fingerprint density at radius 1 is 1.39 bits per heavy atom. The molecule has 0 fully saturated rings. The summed E-state index contributed by atoms with van der Waals surface area (Å²) in [4.78, 5) is 0. The maximum atomic E-state index is 12.5. The van der Waals surface area contributed by atoms with Crippen molar-refractivity contribution in [3.63, 3.8) is 0 Å². The van der Waals surface area contributed by atoms with E-state index < -0.39 is 27.8 Å². The van der Waals surface area contributed by atoms with Gasteiger partial charge in [0, 0.05) is 6.04 Å². The molecule has 0 bridgehead atoms. The van der Waals surface area contributed by atoms with Crippen LogP contribution in [-0.4, -0.2) is 13.1 Å². The monoisotopic (exact) mass is 345 g/mol.